The quantitative estimate of drug-likeness (QED) is 0.321. The van der Waals surface area contributed by atoms with Gasteiger partial charge in [-0.05, 0) is 53.9 Å². The monoisotopic (exact) mass is 474 g/mol. The minimum absolute atomic E-state index is 0.0514. The van der Waals surface area contributed by atoms with Crippen molar-refractivity contribution in [1.29, 1.82) is 0 Å². The molecule has 6 nitrogen and oxygen atoms in total. The first-order chi connectivity index (χ1) is 17.6. The van der Waals surface area contributed by atoms with Gasteiger partial charge in [-0.3, -0.25) is 14.5 Å². The molecule has 0 saturated heterocycles. The normalized spacial score (nSPS) is 14.8. The molecule has 0 aliphatic carbocycles. The van der Waals surface area contributed by atoms with Gasteiger partial charge in [-0.25, -0.2) is 4.98 Å². The summed E-state index contributed by atoms with van der Waals surface area (Å²) in [4.78, 5) is 33.3. The SMILES string of the molecule is Cc1ccc(N2C(=O)c3oc4ccccc4c(=O)c3C2c2ccc(OCc3ccccc3)cc2)nc1. The van der Waals surface area contributed by atoms with Crippen molar-refractivity contribution in [2.45, 2.75) is 19.6 Å². The van der Waals surface area contributed by atoms with Crippen LogP contribution in [0.5, 0.6) is 5.75 Å². The summed E-state index contributed by atoms with van der Waals surface area (Å²) in [7, 11) is 0. The lowest BCUT2D eigenvalue weighted by Gasteiger charge is -2.24. The number of rotatable bonds is 5. The zero-order valence-electron chi connectivity index (χ0n) is 19.5. The van der Waals surface area contributed by atoms with Gasteiger partial charge in [0.05, 0.1) is 17.0 Å². The predicted molar refractivity (Wildman–Crippen MR) is 137 cm³/mol. The summed E-state index contributed by atoms with van der Waals surface area (Å²) in [6.07, 6.45) is 1.70. The number of carbonyl (C=O) groups is 1. The van der Waals surface area contributed by atoms with E-state index in [1.165, 1.54) is 4.90 Å². The standard InChI is InChI=1S/C30H22N2O4/c1-19-11-16-25(31-17-19)32-27(21-12-14-22(15-13-21)35-18-20-7-3-2-4-8-20)26-28(33)23-9-5-6-10-24(23)36-29(26)30(32)34/h2-17,27H,18H2,1H3. The molecule has 5 aromatic rings. The third-order valence-electron chi connectivity index (χ3n) is 6.36. The maximum Gasteiger partial charge on any atom is 0.296 e. The Morgan fingerprint density at radius 1 is 0.889 bits per heavy atom. The molecule has 0 saturated carbocycles. The minimum atomic E-state index is -0.674. The van der Waals surface area contributed by atoms with Crippen LogP contribution in [0.25, 0.3) is 11.0 Å². The Morgan fingerprint density at radius 2 is 1.64 bits per heavy atom. The molecule has 0 N–H and O–H groups in total. The van der Waals surface area contributed by atoms with Crippen LogP contribution in [0.15, 0.2) is 106 Å². The van der Waals surface area contributed by atoms with Crippen LogP contribution in [0, 0.1) is 6.92 Å². The van der Waals surface area contributed by atoms with Crippen LogP contribution < -0.4 is 15.1 Å². The number of aromatic nitrogens is 1. The highest BCUT2D eigenvalue weighted by Gasteiger charge is 2.44. The second kappa shape index (κ2) is 8.82. The van der Waals surface area contributed by atoms with Crippen LogP contribution in [0.4, 0.5) is 5.82 Å². The van der Waals surface area contributed by atoms with Gasteiger partial charge < -0.3 is 9.15 Å². The third kappa shape index (κ3) is 3.73. The molecule has 36 heavy (non-hydrogen) atoms. The number of fused-ring (bicyclic) bond motifs is 2. The summed E-state index contributed by atoms with van der Waals surface area (Å²) in [5, 5.41) is 0.440. The number of nitrogens with zero attached hydrogens (tertiary/aromatic N) is 2. The summed E-state index contributed by atoms with van der Waals surface area (Å²) < 4.78 is 11.9. The molecule has 1 aliphatic rings. The molecule has 0 fully saturated rings. The third-order valence-corrected chi connectivity index (χ3v) is 6.36. The molecule has 6 heteroatoms. The van der Waals surface area contributed by atoms with Crippen LogP contribution in [-0.4, -0.2) is 10.9 Å². The van der Waals surface area contributed by atoms with Crippen LogP contribution in [-0.2, 0) is 6.61 Å². The Morgan fingerprint density at radius 3 is 2.39 bits per heavy atom. The smallest absolute Gasteiger partial charge is 0.296 e. The lowest BCUT2D eigenvalue weighted by Crippen LogP contribution is -2.30. The van der Waals surface area contributed by atoms with E-state index in [-0.39, 0.29) is 11.2 Å². The summed E-state index contributed by atoms with van der Waals surface area (Å²) in [6.45, 7) is 2.38. The van der Waals surface area contributed by atoms with Crippen molar-refractivity contribution < 1.29 is 13.9 Å². The first-order valence-electron chi connectivity index (χ1n) is 11.7. The van der Waals surface area contributed by atoms with Gasteiger partial charge in [-0.2, -0.15) is 0 Å². The van der Waals surface area contributed by atoms with Crippen molar-refractivity contribution in [2.24, 2.45) is 0 Å². The topological polar surface area (TPSA) is 72.6 Å². The molecule has 0 spiro atoms. The van der Waals surface area contributed by atoms with Gasteiger partial charge in [-0.1, -0.05) is 60.7 Å². The Bertz CT molecular complexity index is 1620. The van der Waals surface area contributed by atoms with Crippen LogP contribution >= 0.6 is 0 Å². The number of para-hydroxylation sites is 1. The van der Waals surface area contributed by atoms with E-state index in [1.54, 1.807) is 36.5 Å². The fourth-order valence-electron chi connectivity index (χ4n) is 4.56. The molecule has 1 aliphatic heterocycles. The molecule has 1 amide bonds. The number of amides is 1. The maximum absolute atomic E-state index is 13.6. The van der Waals surface area contributed by atoms with Gasteiger partial charge in [0.25, 0.3) is 5.91 Å². The highest BCUT2D eigenvalue weighted by Crippen LogP contribution is 2.40. The van der Waals surface area contributed by atoms with Crippen molar-refractivity contribution >= 4 is 22.7 Å². The Balaban J connectivity index is 1.43. The first-order valence-corrected chi connectivity index (χ1v) is 11.7. The Kier molecular flexibility index (Phi) is 5.34. The molecule has 0 bridgehead atoms. The predicted octanol–water partition coefficient (Wildman–Crippen LogP) is 5.83. The van der Waals surface area contributed by atoms with Crippen LogP contribution in [0.2, 0.25) is 0 Å². The van der Waals surface area contributed by atoms with Gasteiger partial charge in [-0.15, -0.1) is 0 Å². The average Bonchev–Trinajstić information content (AvgIpc) is 3.21. The van der Waals surface area contributed by atoms with Crippen molar-refractivity contribution in [3.8, 4) is 5.75 Å². The van der Waals surface area contributed by atoms with E-state index >= 15 is 0 Å². The van der Waals surface area contributed by atoms with Gasteiger partial charge in [0.15, 0.2) is 5.43 Å². The average molecular weight is 475 g/mol. The zero-order valence-corrected chi connectivity index (χ0v) is 19.5. The fourth-order valence-corrected chi connectivity index (χ4v) is 4.56. The van der Waals surface area contributed by atoms with E-state index in [2.05, 4.69) is 4.98 Å². The van der Waals surface area contributed by atoms with Crippen molar-refractivity contribution in [1.82, 2.24) is 4.98 Å². The second-order valence-corrected chi connectivity index (χ2v) is 8.78. The van der Waals surface area contributed by atoms with E-state index in [0.717, 1.165) is 16.7 Å². The summed E-state index contributed by atoms with van der Waals surface area (Å²) in [6, 6.07) is 27.4. The zero-order chi connectivity index (χ0) is 24.6. The Hall–Kier alpha value is -4.71. The molecular weight excluding hydrogens is 452 g/mol. The molecule has 0 radical (unpaired) electrons. The number of hydrogen-bond acceptors (Lipinski definition) is 5. The number of carbonyl (C=O) groups excluding carboxylic acids is 1. The van der Waals surface area contributed by atoms with Gasteiger partial charge in [0.1, 0.15) is 23.8 Å². The number of hydrogen-bond donors (Lipinski definition) is 0. The highest BCUT2D eigenvalue weighted by atomic mass is 16.5. The van der Waals surface area contributed by atoms with Gasteiger partial charge >= 0.3 is 0 Å². The fraction of sp³-hybridized carbons (Fsp3) is 0.100. The second-order valence-electron chi connectivity index (χ2n) is 8.78. The molecule has 1 unspecified atom stereocenters. The number of ether oxygens (including phenoxy) is 1. The molecule has 2 aromatic heterocycles. The molecule has 3 heterocycles. The number of benzene rings is 3. The van der Waals surface area contributed by atoms with Gasteiger partial charge in [0, 0.05) is 6.20 Å². The van der Waals surface area contributed by atoms with E-state index < -0.39 is 11.9 Å². The molecule has 176 valence electrons. The molecule has 1 atom stereocenters. The summed E-state index contributed by atoms with van der Waals surface area (Å²) in [5.41, 5.74) is 3.29. The number of pyridine rings is 1. The van der Waals surface area contributed by atoms with Crippen LogP contribution in [0.1, 0.15) is 38.9 Å². The molecule has 6 rings (SSSR count). The lowest BCUT2D eigenvalue weighted by molar-refractivity contribution is 0.0970. The maximum atomic E-state index is 13.6. The molecule has 3 aromatic carbocycles. The van der Waals surface area contributed by atoms with Crippen LogP contribution in [0.3, 0.4) is 0 Å². The van der Waals surface area contributed by atoms with Crippen molar-refractivity contribution in [3.63, 3.8) is 0 Å². The first kappa shape index (κ1) is 21.8. The van der Waals surface area contributed by atoms with E-state index in [9.17, 15) is 9.59 Å². The number of aryl methyl sites for hydroxylation is 1. The lowest BCUT2D eigenvalue weighted by atomic mass is 9.98. The summed E-state index contributed by atoms with van der Waals surface area (Å²) >= 11 is 0. The van der Waals surface area contributed by atoms with Crippen molar-refractivity contribution in [3.05, 3.63) is 135 Å². The molecular formula is C30H22N2O4. The van der Waals surface area contributed by atoms with E-state index in [1.807, 2.05) is 67.6 Å². The number of anilines is 1. The highest BCUT2D eigenvalue weighted by molar-refractivity contribution is 6.10. The van der Waals surface area contributed by atoms with E-state index in [0.29, 0.717) is 34.7 Å². The largest absolute Gasteiger partial charge is 0.489 e. The minimum Gasteiger partial charge on any atom is -0.489 e. The van der Waals surface area contributed by atoms with Gasteiger partial charge in [0.2, 0.25) is 5.76 Å². The van der Waals surface area contributed by atoms with E-state index in [4.69, 9.17) is 9.15 Å². The summed E-state index contributed by atoms with van der Waals surface area (Å²) in [5.74, 6) is 0.807. The Labute approximate surface area is 207 Å². The van der Waals surface area contributed by atoms with Crippen molar-refractivity contribution in [2.75, 3.05) is 4.90 Å².